The minimum atomic E-state index is -4.39. The van der Waals surface area contributed by atoms with Crippen molar-refractivity contribution in [1.29, 1.82) is 0 Å². The first-order valence-electron chi connectivity index (χ1n) is 7.48. The van der Waals surface area contributed by atoms with E-state index in [4.69, 9.17) is 0 Å². The summed E-state index contributed by atoms with van der Waals surface area (Å²) in [6.45, 7) is 0.102. The van der Waals surface area contributed by atoms with Crippen LogP contribution in [-0.4, -0.2) is 9.97 Å². The number of hydrogen-bond donors (Lipinski definition) is 2. The summed E-state index contributed by atoms with van der Waals surface area (Å²) in [7, 11) is 0. The molecule has 3 rings (SSSR count). The Hall–Kier alpha value is -3.09. The van der Waals surface area contributed by atoms with Crippen molar-refractivity contribution in [3.8, 4) is 11.3 Å². The molecule has 0 spiro atoms. The maximum absolute atomic E-state index is 12.7. The monoisotopic (exact) mass is 345 g/mol. The highest BCUT2D eigenvalue weighted by molar-refractivity contribution is 5.59. The molecule has 0 saturated carbocycles. The van der Waals surface area contributed by atoms with Crippen molar-refractivity contribution in [3.63, 3.8) is 0 Å². The smallest absolute Gasteiger partial charge is 0.352 e. The Labute approximate surface area is 141 Å². The molecule has 0 aliphatic rings. The lowest BCUT2D eigenvalue weighted by Gasteiger charge is -2.10. The maximum Gasteiger partial charge on any atom is 0.416 e. The molecule has 0 amide bonds. The van der Waals surface area contributed by atoms with E-state index in [1.54, 1.807) is 6.07 Å². The number of H-pyrrole nitrogens is 1. The zero-order valence-electron chi connectivity index (χ0n) is 13.0. The van der Waals surface area contributed by atoms with Gasteiger partial charge < -0.3 is 5.32 Å². The van der Waals surface area contributed by atoms with Crippen LogP contribution in [0.1, 0.15) is 11.1 Å². The molecule has 25 heavy (non-hydrogen) atoms. The average molecular weight is 345 g/mol. The quantitative estimate of drug-likeness (QED) is 0.749. The van der Waals surface area contributed by atoms with Crippen molar-refractivity contribution < 1.29 is 13.2 Å². The van der Waals surface area contributed by atoms with Crippen LogP contribution < -0.4 is 10.9 Å². The molecule has 1 heterocycles. The van der Waals surface area contributed by atoms with Gasteiger partial charge in [-0.05, 0) is 17.7 Å². The minimum absolute atomic E-state index is 0.102. The number of anilines is 1. The summed E-state index contributed by atoms with van der Waals surface area (Å²) < 4.78 is 38.2. The van der Waals surface area contributed by atoms with Gasteiger partial charge in [-0.25, -0.2) is 4.98 Å². The van der Waals surface area contributed by atoms with E-state index in [1.165, 1.54) is 12.1 Å². The molecule has 0 radical (unpaired) electrons. The second kappa shape index (κ2) is 6.80. The molecule has 0 unspecified atom stereocenters. The molecule has 7 heteroatoms. The lowest BCUT2D eigenvalue weighted by Crippen LogP contribution is -2.13. The lowest BCUT2D eigenvalue weighted by atomic mass is 10.1. The maximum atomic E-state index is 12.7. The predicted octanol–water partition coefficient (Wildman–Crippen LogP) is 4.07. The van der Waals surface area contributed by atoms with Gasteiger partial charge in [0, 0.05) is 18.2 Å². The van der Waals surface area contributed by atoms with E-state index >= 15 is 0 Å². The van der Waals surface area contributed by atoms with Gasteiger partial charge in [0.1, 0.15) is 0 Å². The molecule has 0 bridgehead atoms. The summed E-state index contributed by atoms with van der Waals surface area (Å²) in [6.07, 6.45) is -4.39. The van der Waals surface area contributed by atoms with Gasteiger partial charge in [0.05, 0.1) is 11.3 Å². The van der Waals surface area contributed by atoms with Gasteiger partial charge in [0.2, 0.25) is 5.95 Å². The normalized spacial score (nSPS) is 11.3. The highest BCUT2D eigenvalue weighted by Gasteiger charge is 2.30. The van der Waals surface area contributed by atoms with E-state index in [2.05, 4.69) is 15.3 Å². The van der Waals surface area contributed by atoms with Crippen LogP contribution in [0.25, 0.3) is 11.3 Å². The zero-order chi connectivity index (χ0) is 17.9. The highest BCUT2D eigenvalue weighted by atomic mass is 19.4. The van der Waals surface area contributed by atoms with Crippen molar-refractivity contribution in [2.75, 3.05) is 5.32 Å². The number of nitrogens with zero attached hydrogens (tertiary/aromatic N) is 1. The largest absolute Gasteiger partial charge is 0.416 e. The minimum Gasteiger partial charge on any atom is -0.352 e. The van der Waals surface area contributed by atoms with Crippen LogP contribution in [0.5, 0.6) is 0 Å². The van der Waals surface area contributed by atoms with Gasteiger partial charge in [-0.1, -0.05) is 42.5 Å². The van der Waals surface area contributed by atoms with Crippen molar-refractivity contribution in [2.45, 2.75) is 12.7 Å². The van der Waals surface area contributed by atoms with Crippen LogP contribution in [0.15, 0.2) is 65.5 Å². The van der Waals surface area contributed by atoms with Crippen molar-refractivity contribution >= 4 is 5.95 Å². The second-order valence-electron chi connectivity index (χ2n) is 5.40. The zero-order valence-corrected chi connectivity index (χ0v) is 13.0. The molecular weight excluding hydrogens is 331 g/mol. The van der Waals surface area contributed by atoms with Gasteiger partial charge >= 0.3 is 6.18 Å². The van der Waals surface area contributed by atoms with Gasteiger partial charge in [-0.3, -0.25) is 9.78 Å². The summed E-state index contributed by atoms with van der Waals surface area (Å²) >= 11 is 0. The summed E-state index contributed by atoms with van der Waals surface area (Å²) in [6, 6.07) is 15.5. The Bertz CT molecular complexity index is 921. The average Bonchev–Trinajstić information content (AvgIpc) is 2.60. The Morgan fingerprint density at radius 1 is 1.00 bits per heavy atom. The van der Waals surface area contributed by atoms with Gasteiger partial charge in [0.25, 0.3) is 5.56 Å². The highest BCUT2D eigenvalue weighted by Crippen LogP contribution is 2.29. The number of aromatic amines is 1. The molecular formula is C18H14F3N3O. The van der Waals surface area contributed by atoms with Crippen LogP contribution in [0.4, 0.5) is 19.1 Å². The third-order valence-corrected chi connectivity index (χ3v) is 3.53. The standard InChI is InChI=1S/C18H14F3N3O/c19-18(20,21)14-8-4-5-12(9-14)11-22-17-23-15(10-16(25)24-17)13-6-2-1-3-7-13/h1-10H,11H2,(H2,22,23,24,25). The van der Waals surface area contributed by atoms with Crippen LogP contribution in [0.3, 0.4) is 0 Å². The van der Waals surface area contributed by atoms with E-state index in [0.717, 1.165) is 17.7 Å². The molecule has 2 N–H and O–H groups in total. The molecule has 1 aromatic heterocycles. The first-order chi connectivity index (χ1) is 11.9. The fraction of sp³-hybridized carbons (Fsp3) is 0.111. The molecule has 0 atom stereocenters. The fourth-order valence-electron chi connectivity index (χ4n) is 2.34. The van der Waals surface area contributed by atoms with Crippen LogP contribution >= 0.6 is 0 Å². The number of hydrogen-bond acceptors (Lipinski definition) is 3. The summed E-state index contributed by atoms with van der Waals surface area (Å²) in [5, 5.41) is 2.86. The Morgan fingerprint density at radius 2 is 1.76 bits per heavy atom. The Kier molecular flexibility index (Phi) is 4.56. The molecule has 4 nitrogen and oxygen atoms in total. The molecule has 2 aromatic carbocycles. The van der Waals surface area contributed by atoms with E-state index in [0.29, 0.717) is 11.3 Å². The first kappa shape index (κ1) is 16.8. The molecule has 0 aliphatic heterocycles. The number of rotatable bonds is 4. The Morgan fingerprint density at radius 3 is 2.48 bits per heavy atom. The fourth-order valence-corrected chi connectivity index (χ4v) is 2.34. The third kappa shape index (κ3) is 4.26. The van der Waals surface area contributed by atoms with E-state index in [-0.39, 0.29) is 18.1 Å². The second-order valence-corrected chi connectivity index (χ2v) is 5.40. The summed E-state index contributed by atoms with van der Waals surface area (Å²) in [5.74, 6) is 0.198. The predicted molar refractivity (Wildman–Crippen MR) is 89.1 cm³/mol. The molecule has 0 saturated heterocycles. The van der Waals surface area contributed by atoms with Gasteiger partial charge in [-0.15, -0.1) is 0 Å². The van der Waals surface area contributed by atoms with E-state index in [9.17, 15) is 18.0 Å². The van der Waals surface area contributed by atoms with Gasteiger partial charge in [0.15, 0.2) is 0 Å². The number of halogens is 3. The number of aromatic nitrogens is 2. The molecule has 128 valence electrons. The molecule has 3 aromatic rings. The summed E-state index contributed by atoms with van der Waals surface area (Å²) in [5.41, 5.74) is 0.626. The number of alkyl halides is 3. The SMILES string of the molecule is O=c1cc(-c2ccccc2)nc(NCc2cccc(C(F)(F)F)c2)[nH]1. The van der Waals surface area contributed by atoms with E-state index < -0.39 is 11.7 Å². The third-order valence-electron chi connectivity index (χ3n) is 3.53. The Balaban J connectivity index is 1.80. The van der Waals surface area contributed by atoms with Crippen LogP contribution in [-0.2, 0) is 12.7 Å². The molecule has 0 fully saturated rings. The van der Waals surface area contributed by atoms with Crippen molar-refractivity contribution in [3.05, 3.63) is 82.1 Å². The van der Waals surface area contributed by atoms with Crippen LogP contribution in [0, 0.1) is 0 Å². The number of nitrogens with one attached hydrogen (secondary N) is 2. The lowest BCUT2D eigenvalue weighted by molar-refractivity contribution is -0.137. The topological polar surface area (TPSA) is 57.8 Å². The van der Waals surface area contributed by atoms with Gasteiger partial charge in [-0.2, -0.15) is 13.2 Å². The summed E-state index contributed by atoms with van der Waals surface area (Å²) in [4.78, 5) is 18.6. The van der Waals surface area contributed by atoms with Crippen molar-refractivity contribution in [2.24, 2.45) is 0 Å². The first-order valence-corrected chi connectivity index (χ1v) is 7.48. The van der Waals surface area contributed by atoms with Crippen LogP contribution in [0.2, 0.25) is 0 Å². The molecule has 0 aliphatic carbocycles. The van der Waals surface area contributed by atoms with Crippen molar-refractivity contribution in [1.82, 2.24) is 9.97 Å². The van der Waals surface area contributed by atoms with E-state index in [1.807, 2.05) is 30.3 Å². The number of benzene rings is 2.